The van der Waals surface area contributed by atoms with Crippen molar-refractivity contribution in [3.63, 3.8) is 0 Å². The Bertz CT molecular complexity index is 659. The van der Waals surface area contributed by atoms with Crippen molar-refractivity contribution in [1.82, 2.24) is 4.90 Å². The van der Waals surface area contributed by atoms with Crippen LogP contribution in [-0.2, 0) is 11.3 Å². The molecule has 0 aromatic heterocycles. The van der Waals surface area contributed by atoms with Crippen LogP contribution in [0.25, 0.3) is 0 Å². The minimum Gasteiger partial charge on any atom is -0.495 e. The quantitative estimate of drug-likeness (QED) is 0.781. The highest BCUT2D eigenvalue weighted by atomic mass is 16.5. The molecule has 0 saturated heterocycles. The molecule has 0 fully saturated rings. The summed E-state index contributed by atoms with van der Waals surface area (Å²) in [7, 11) is 1.59. The molecule has 0 bridgehead atoms. The fourth-order valence-corrected chi connectivity index (χ4v) is 2.55. The molecule has 0 spiro atoms. The van der Waals surface area contributed by atoms with E-state index in [0.717, 1.165) is 11.1 Å². The molecule has 0 radical (unpaired) electrons. The molecule has 2 rings (SSSR count). The molecule has 0 aliphatic rings. The van der Waals surface area contributed by atoms with Gasteiger partial charge in [0.05, 0.1) is 19.3 Å². The molecule has 5 nitrogen and oxygen atoms in total. The normalized spacial score (nSPS) is 10.7. The van der Waals surface area contributed by atoms with Crippen molar-refractivity contribution in [1.29, 1.82) is 0 Å². The van der Waals surface area contributed by atoms with Crippen LogP contribution in [0.2, 0.25) is 0 Å². The van der Waals surface area contributed by atoms with Crippen molar-refractivity contribution >= 4 is 11.6 Å². The molecule has 5 heteroatoms. The highest BCUT2D eigenvalue weighted by Crippen LogP contribution is 2.25. The highest BCUT2D eigenvalue weighted by molar-refractivity contribution is 5.93. The summed E-state index contributed by atoms with van der Waals surface area (Å²) in [5.74, 6) is 0.575. The second-order valence-electron chi connectivity index (χ2n) is 5.74. The topological polar surface area (TPSA) is 67.6 Å². The van der Waals surface area contributed by atoms with Crippen LogP contribution in [0.1, 0.15) is 11.1 Å². The fourth-order valence-electron chi connectivity index (χ4n) is 2.55. The Labute approximate surface area is 143 Å². The molecule has 2 aromatic carbocycles. The Balaban J connectivity index is 2.01. The van der Waals surface area contributed by atoms with E-state index in [1.807, 2.05) is 60.4 Å². The number of nitrogens with one attached hydrogen (secondary N) is 1. The fraction of sp³-hybridized carbons (Fsp3) is 0.316. The lowest BCUT2D eigenvalue weighted by molar-refractivity contribution is -0.117. The monoisotopic (exact) mass is 327 g/mol. The van der Waals surface area contributed by atoms with Crippen LogP contribution in [0.5, 0.6) is 5.75 Å². The molecular weight excluding hydrogens is 302 g/mol. The van der Waals surface area contributed by atoms with Crippen LogP contribution in [0.4, 0.5) is 5.69 Å². The Morgan fingerprint density at radius 3 is 2.62 bits per heavy atom. The van der Waals surface area contributed by atoms with Gasteiger partial charge in [-0.25, -0.2) is 0 Å². The lowest BCUT2D eigenvalue weighted by Gasteiger charge is -2.21. The number of hydrogen-bond acceptors (Lipinski definition) is 4. The zero-order valence-corrected chi connectivity index (χ0v) is 14.3. The maximum absolute atomic E-state index is 12.4. The number of nitrogens with zero attached hydrogens (tertiary/aromatic N) is 1. The summed E-state index contributed by atoms with van der Waals surface area (Å²) in [6, 6.07) is 15.8. The van der Waals surface area contributed by atoms with E-state index in [1.54, 1.807) is 7.11 Å². The Morgan fingerprint density at radius 1 is 1.21 bits per heavy atom. The predicted molar refractivity (Wildman–Crippen MR) is 97.1 cm³/mol. The van der Waals surface area contributed by atoms with Gasteiger partial charge >= 0.3 is 0 Å². The Kier molecular flexibility index (Phi) is 6.78. The van der Waals surface area contributed by atoms with Crippen molar-refractivity contribution in [2.75, 3.05) is 32.1 Å². The van der Waals surface area contributed by atoms with Gasteiger partial charge in [-0.2, -0.15) is 0 Å². The van der Waals surface area contributed by atoms with E-state index in [9.17, 15) is 4.79 Å². The van der Waals surface area contributed by atoms with Gasteiger partial charge in [0.15, 0.2) is 0 Å². The molecular formula is C19H25N3O2. The van der Waals surface area contributed by atoms with E-state index < -0.39 is 0 Å². The second-order valence-corrected chi connectivity index (χ2v) is 5.74. The zero-order chi connectivity index (χ0) is 17.4. The number of anilines is 1. The third-order valence-electron chi connectivity index (χ3n) is 3.69. The first-order valence-corrected chi connectivity index (χ1v) is 8.03. The van der Waals surface area contributed by atoms with Gasteiger partial charge in [0, 0.05) is 19.6 Å². The van der Waals surface area contributed by atoms with Gasteiger partial charge in [0.1, 0.15) is 5.75 Å². The molecule has 0 aliphatic heterocycles. The van der Waals surface area contributed by atoms with Gasteiger partial charge in [0.2, 0.25) is 5.91 Å². The SMILES string of the molecule is COc1ccc(C)cc1NC(=O)CN(CCN)Cc1ccccc1. The summed E-state index contributed by atoms with van der Waals surface area (Å²) < 4.78 is 5.30. The number of aryl methyl sites for hydroxylation is 1. The van der Waals surface area contributed by atoms with Crippen LogP contribution in [-0.4, -0.2) is 37.6 Å². The van der Waals surface area contributed by atoms with E-state index in [1.165, 1.54) is 0 Å². The molecule has 0 unspecified atom stereocenters. The van der Waals surface area contributed by atoms with Crippen LogP contribution in [0.15, 0.2) is 48.5 Å². The van der Waals surface area contributed by atoms with Crippen LogP contribution < -0.4 is 15.8 Å². The number of rotatable bonds is 8. The standard InChI is InChI=1S/C19H25N3O2/c1-15-8-9-18(24-2)17(12-15)21-19(23)14-22(11-10-20)13-16-6-4-3-5-7-16/h3-9,12H,10-11,13-14,20H2,1-2H3,(H,21,23). The number of benzene rings is 2. The molecule has 24 heavy (non-hydrogen) atoms. The van der Waals surface area contributed by atoms with Gasteiger partial charge in [-0.3, -0.25) is 9.69 Å². The Hall–Kier alpha value is -2.37. The number of amides is 1. The molecule has 0 atom stereocenters. The molecule has 3 N–H and O–H groups in total. The van der Waals surface area contributed by atoms with Crippen LogP contribution in [0.3, 0.4) is 0 Å². The molecule has 2 aromatic rings. The number of nitrogens with two attached hydrogens (primary N) is 1. The number of ether oxygens (including phenoxy) is 1. The molecule has 128 valence electrons. The molecule has 0 aliphatic carbocycles. The summed E-state index contributed by atoms with van der Waals surface area (Å²) in [5.41, 5.74) is 8.60. The van der Waals surface area contributed by atoms with Crippen molar-refractivity contribution < 1.29 is 9.53 Å². The van der Waals surface area contributed by atoms with Gasteiger partial charge in [-0.1, -0.05) is 36.4 Å². The van der Waals surface area contributed by atoms with Crippen molar-refractivity contribution in [3.8, 4) is 5.75 Å². The van der Waals surface area contributed by atoms with Crippen LogP contribution >= 0.6 is 0 Å². The number of methoxy groups -OCH3 is 1. The first-order valence-electron chi connectivity index (χ1n) is 8.03. The van der Waals surface area contributed by atoms with Gasteiger partial charge in [-0.15, -0.1) is 0 Å². The van der Waals surface area contributed by atoms with E-state index in [2.05, 4.69) is 5.32 Å². The minimum absolute atomic E-state index is 0.0803. The van der Waals surface area contributed by atoms with Crippen molar-refractivity contribution in [2.24, 2.45) is 5.73 Å². The first-order chi connectivity index (χ1) is 11.6. The number of carbonyl (C=O) groups excluding carboxylic acids is 1. The summed E-state index contributed by atoms with van der Waals surface area (Å²) in [6.07, 6.45) is 0. The maximum atomic E-state index is 12.4. The average molecular weight is 327 g/mol. The zero-order valence-electron chi connectivity index (χ0n) is 14.3. The maximum Gasteiger partial charge on any atom is 0.238 e. The third kappa shape index (κ3) is 5.37. The van der Waals surface area contributed by atoms with E-state index in [4.69, 9.17) is 10.5 Å². The summed E-state index contributed by atoms with van der Waals surface area (Å²) in [6.45, 7) is 4.12. The average Bonchev–Trinajstić information content (AvgIpc) is 2.56. The van der Waals surface area contributed by atoms with E-state index in [0.29, 0.717) is 31.1 Å². The smallest absolute Gasteiger partial charge is 0.238 e. The van der Waals surface area contributed by atoms with Gasteiger partial charge < -0.3 is 15.8 Å². The second kappa shape index (κ2) is 9.05. The van der Waals surface area contributed by atoms with Crippen LogP contribution in [0, 0.1) is 6.92 Å². The predicted octanol–water partition coefficient (Wildman–Crippen LogP) is 2.40. The largest absolute Gasteiger partial charge is 0.495 e. The van der Waals surface area contributed by atoms with E-state index in [-0.39, 0.29) is 12.5 Å². The third-order valence-corrected chi connectivity index (χ3v) is 3.69. The highest BCUT2D eigenvalue weighted by Gasteiger charge is 2.13. The molecule has 0 saturated carbocycles. The number of hydrogen-bond donors (Lipinski definition) is 2. The van der Waals surface area contributed by atoms with Crippen molar-refractivity contribution in [3.05, 3.63) is 59.7 Å². The van der Waals surface area contributed by atoms with E-state index >= 15 is 0 Å². The lowest BCUT2D eigenvalue weighted by Crippen LogP contribution is -2.36. The summed E-state index contributed by atoms with van der Waals surface area (Å²) >= 11 is 0. The summed E-state index contributed by atoms with van der Waals surface area (Å²) in [5, 5.41) is 2.93. The van der Waals surface area contributed by atoms with Gasteiger partial charge in [0.25, 0.3) is 0 Å². The number of carbonyl (C=O) groups is 1. The first kappa shape index (κ1) is 18.0. The molecule has 0 heterocycles. The molecule has 1 amide bonds. The lowest BCUT2D eigenvalue weighted by atomic mass is 10.2. The van der Waals surface area contributed by atoms with Crippen molar-refractivity contribution in [2.45, 2.75) is 13.5 Å². The minimum atomic E-state index is -0.0803. The summed E-state index contributed by atoms with van der Waals surface area (Å²) in [4.78, 5) is 14.5. The Morgan fingerprint density at radius 2 is 1.96 bits per heavy atom. The van der Waals surface area contributed by atoms with Gasteiger partial charge in [-0.05, 0) is 30.2 Å².